The average molecular weight is 550 g/mol. The summed E-state index contributed by atoms with van der Waals surface area (Å²) in [5, 5.41) is 10.4. The van der Waals surface area contributed by atoms with Crippen molar-refractivity contribution in [1.82, 2.24) is 29.6 Å². The summed E-state index contributed by atoms with van der Waals surface area (Å²) in [6.07, 6.45) is 3.89. The van der Waals surface area contributed by atoms with Crippen molar-refractivity contribution < 1.29 is 14.4 Å². The van der Waals surface area contributed by atoms with Gasteiger partial charge in [-0.3, -0.25) is 33.7 Å². The van der Waals surface area contributed by atoms with Gasteiger partial charge in [-0.1, -0.05) is 18.2 Å². The zero-order valence-corrected chi connectivity index (χ0v) is 23.0. The lowest BCUT2D eigenvalue weighted by atomic mass is 9.99. The van der Waals surface area contributed by atoms with Crippen LogP contribution in [-0.4, -0.2) is 42.0 Å². The molecule has 4 heterocycles. The maximum atomic E-state index is 13.9. The van der Waals surface area contributed by atoms with E-state index in [4.69, 9.17) is 4.98 Å². The zero-order chi connectivity index (χ0) is 29.0. The Labute approximate surface area is 234 Å². The van der Waals surface area contributed by atoms with E-state index >= 15 is 0 Å². The molecular formula is C30H27N7O4. The molecule has 2 aromatic carbocycles. The van der Waals surface area contributed by atoms with Crippen LogP contribution in [0.3, 0.4) is 0 Å². The number of benzene rings is 2. The first-order chi connectivity index (χ1) is 19.6. The van der Waals surface area contributed by atoms with Gasteiger partial charge in [0.1, 0.15) is 17.4 Å². The van der Waals surface area contributed by atoms with Crippen molar-refractivity contribution in [2.75, 3.05) is 5.32 Å². The molecule has 3 aromatic heterocycles. The number of para-hydroxylation sites is 1. The number of amides is 3. The fourth-order valence-corrected chi connectivity index (χ4v) is 5.33. The Morgan fingerprint density at radius 2 is 1.83 bits per heavy atom. The molecule has 1 fully saturated rings. The molecule has 5 aromatic rings. The Morgan fingerprint density at radius 3 is 2.56 bits per heavy atom. The summed E-state index contributed by atoms with van der Waals surface area (Å²) in [4.78, 5) is 61.1. The van der Waals surface area contributed by atoms with Crippen molar-refractivity contribution in [2.45, 2.75) is 39.7 Å². The van der Waals surface area contributed by atoms with Crippen LogP contribution in [0.25, 0.3) is 33.1 Å². The minimum atomic E-state index is -0.837. The summed E-state index contributed by atoms with van der Waals surface area (Å²) in [7, 11) is 1.82. The first kappa shape index (κ1) is 26.1. The number of rotatable bonds is 4. The summed E-state index contributed by atoms with van der Waals surface area (Å²) < 4.78 is 2.99. The molecule has 1 atom stereocenters. The molecule has 1 aliphatic heterocycles. The number of anilines is 1. The van der Waals surface area contributed by atoms with Crippen molar-refractivity contribution in [3.05, 3.63) is 81.7 Å². The topological polar surface area (TPSA) is 141 Å². The van der Waals surface area contributed by atoms with Gasteiger partial charge in [0.25, 0.3) is 11.5 Å². The molecule has 2 N–H and O–H groups in total. The van der Waals surface area contributed by atoms with E-state index in [1.807, 2.05) is 39.2 Å². The van der Waals surface area contributed by atoms with Gasteiger partial charge in [0.05, 0.1) is 34.0 Å². The molecule has 1 aliphatic rings. The van der Waals surface area contributed by atoms with E-state index in [0.717, 1.165) is 22.2 Å². The van der Waals surface area contributed by atoms with E-state index in [2.05, 4.69) is 20.7 Å². The Hall–Kier alpha value is -5.19. The Morgan fingerprint density at radius 1 is 1.02 bits per heavy atom. The second-order valence-corrected chi connectivity index (χ2v) is 10.3. The Bertz CT molecular complexity index is 1990. The lowest BCUT2D eigenvalue weighted by molar-refractivity contribution is -0.135. The Balaban J connectivity index is 1.45. The van der Waals surface area contributed by atoms with Crippen LogP contribution in [0.15, 0.2) is 53.6 Å². The number of imide groups is 1. The van der Waals surface area contributed by atoms with Crippen LogP contribution < -0.4 is 16.2 Å². The molecule has 0 spiro atoms. The van der Waals surface area contributed by atoms with Gasteiger partial charge < -0.3 is 5.32 Å². The van der Waals surface area contributed by atoms with E-state index < -0.39 is 17.5 Å². The zero-order valence-electron chi connectivity index (χ0n) is 23.0. The lowest BCUT2D eigenvalue weighted by Gasteiger charge is -2.24. The van der Waals surface area contributed by atoms with Gasteiger partial charge in [0, 0.05) is 30.6 Å². The predicted octanol–water partition coefficient (Wildman–Crippen LogP) is 3.50. The number of fused-ring (bicyclic) bond motifs is 2. The number of piperidine rings is 1. The molecule has 0 saturated carbocycles. The summed E-state index contributed by atoms with van der Waals surface area (Å²) in [6, 6.07) is 9.70. The second-order valence-electron chi connectivity index (χ2n) is 10.3. The molecule has 1 saturated heterocycles. The van der Waals surface area contributed by atoms with Crippen LogP contribution in [0.1, 0.15) is 46.2 Å². The quantitative estimate of drug-likeness (QED) is 0.327. The van der Waals surface area contributed by atoms with Gasteiger partial charge >= 0.3 is 0 Å². The van der Waals surface area contributed by atoms with E-state index in [9.17, 15) is 19.2 Å². The average Bonchev–Trinajstić information content (AvgIpc) is 3.38. The molecule has 0 aliphatic carbocycles. The number of carbonyl (C=O) groups is 3. The van der Waals surface area contributed by atoms with Gasteiger partial charge in [-0.15, -0.1) is 0 Å². The number of hydrogen-bond acceptors (Lipinski definition) is 7. The van der Waals surface area contributed by atoms with Crippen molar-refractivity contribution in [1.29, 1.82) is 0 Å². The monoisotopic (exact) mass is 549 g/mol. The lowest BCUT2D eigenvalue weighted by Crippen LogP contribution is -2.45. The maximum Gasteiger partial charge on any atom is 0.262 e. The summed E-state index contributed by atoms with van der Waals surface area (Å²) in [6.45, 7) is 5.60. The van der Waals surface area contributed by atoms with Crippen LogP contribution in [0.4, 0.5) is 5.69 Å². The fraction of sp³-hybridized carbons (Fsp3) is 0.233. The molecule has 11 heteroatoms. The molecule has 11 nitrogen and oxygen atoms in total. The van der Waals surface area contributed by atoms with Crippen LogP contribution in [-0.2, 0) is 16.6 Å². The molecule has 3 amide bonds. The fourth-order valence-electron chi connectivity index (χ4n) is 5.33. The molecule has 0 bridgehead atoms. The standard InChI is InChI=1S/C30H27N7O4/c1-15-8-9-19-21(12-23(33-26(19)16(15)2)18-13-31-36(4)14-18)28(39)34-22-7-5-6-20-27(22)32-17(3)37(30(20)41)24-10-11-25(38)35-29(24)40/h5-9,12-14,24H,10-11H2,1-4H3,(H,34,39)(H,35,38,40). The normalized spacial score (nSPS) is 15.4. The second kappa shape index (κ2) is 9.77. The third-order valence-corrected chi connectivity index (χ3v) is 7.63. The number of pyridine rings is 1. The highest BCUT2D eigenvalue weighted by molar-refractivity contribution is 6.15. The number of nitrogens with one attached hydrogen (secondary N) is 2. The van der Waals surface area contributed by atoms with Crippen LogP contribution in [0, 0.1) is 20.8 Å². The number of aryl methyl sites for hydroxylation is 4. The van der Waals surface area contributed by atoms with Gasteiger partial charge in [0.2, 0.25) is 11.8 Å². The van der Waals surface area contributed by atoms with Gasteiger partial charge in [-0.2, -0.15) is 5.10 Å². The Kier molecular flexibility index (Phi) is 6.21. The van der Waals surface area contributed by atoms with Crippen LogP contribution in [0.2, 0.25) is 0 Å². The minimum absolute atomic E-state index is 0.135. The predicted molar refractivity (Wildman–Crippen MR) is 154 cm³/mol. The van der Waals surface area contributed by atoms with Crippen LogP contribution >= 0.6 is 0 Å². The van der Waals surface area contributed by atoms with Gasteiger partial charge in [0.15, 0.2) is 0 Å². The minimum Gasteiger partial charge on any atom is -0.320 e. The first-order valence-corrected chi connectivity index (χ1v) is 13.2. The highest BCUT2D eigenvalue weighted by Crippen LogP contribution is 2.30. The largest absolute Gasteiger partial charge is 0.320 e. The third kappa shape index (κ3) is 4.45. The SMILES string of the molecule is Cc1ccc2c(C(=O)Nc3cccc4c(=O)n(C5CCC(=O)NC5=O)c(C)nc34)cc(-c3cnn(C)c3)nc2c1C. The highest BCUT2D eigenvalue weighted by atomic mass is 16.2. The van der Waals surface area contributed by atoms with Crippen molar-refractivity contribution in [2.24, 2.45) is 7.05 Å². The van der Waals surface area contributed by atoms with Crippen molar-refractivity contribution in [3.8, 4) is 11.3 Å². The van der Waals surface area contributed by atoms with Crippen molar-refractivity contribution >= 4 is 45.2 Å². The van der Waals surface area contributed by atoms with E-state index in [1.165, 1.54) is 4.57 Å². The summed E-state index contributed by atoms with van der Waals surface area (Å²) in [5.41, 5.74) is 4.81. The van der Waals surface area contributed by atoms with E-state index in [0.29, 0.717) is 33.7 Å². The molecule has 41 heavy (non-hydrogen) atoms. The molecule has 206 valence electrons. The first-order valence-electron chi connectivity index (χ1n) is 13.2. The number of nitrogens with zero attached hydrogens (tertiary/aromatic N) is 5. The maximum absolute atomic E-state index is 13.9. The molecule has 6 rings (SSSR count). The molecule has 0 radical (unpaired) electrons. The summed E-state index contributed by atoms with van der Waals surface area (Å²) in [5.74, 6) is -0.974. The van der Waals surface area contributed by atoms with Crippen molar-refractivity contribution in [3.63, 3.8) is 0 Å². The number of carbonyl (C=O) groups excluding carboxylic acids is 3. The van der Waals surface area contributed by atoms with E-state index in [-0.39, 0.29) is 30.0 Å². The van der Waals surface area contributed by atoms with Gasteiger partial charge in [-0.25, -0.2) is 9.97 Å². The smallest absolute Gasteiger partial charge is 0.262 e. The third-order valence-electron chi connectivity index (χ3n) is 7.63. The van der Waals surface area contributed by atoms with Crippen LogP contribution in [0.5, 0.6) is 0 Å². The number of hydrogen-bond donors (Lipinski definition) is 2. The van der Waals surface area contributed by atoms with Gasteiger partial charge in [-0.05, 0) is 56.5 Å². The molecular weight excluding hydrogens is 522 g/mol. The molecule has 1 unspecified atom stereocenters. The number of aromatic nitrogens is 5. The summed E-state index contributed by atoms with van der Waals surface area (Å²) >= 11 is 0. The highest BCUT2D eigenvalue weighted by Gasteiger charge is 2.31. The van der Waals surface area contributed by atoms with E-state index in [1.54, 1.807) is 42.1 Å².